The monoisotopic (exact) mass is 303 g/mol. The van der Waals surface area contributed by atoms with Gasteiger partial charge in [-0.25, -0.2) is 13.1 Å². The Morgan fingerprint density at radius 1 is 1.35 bits per heavy atom. The molecule has 0 saturated heterocycles. The lowest BCUT2D eigenvalue weighted by Gasteiger charge is -2.09. The van der Waals surface area contributed by atoms with E-state index in [1.807, 2.05) is 0 Å². The third kappa shape index (κ3) is 4.29. The van der Waals surface area contributed by atoms with Gasteiger partial charge in [-0.05, 0) is 32.6 Å². The molecule has 0 aliphatic heterocycles. The first-order valence-electron chi connectivity index (χ1n) is 6.94. The maximum absolute atomic E-state index is 12.3. The van der Waals surface area contributed by atoms with Crippen molar-refractivity contribution >= 4 is 10.0 Å². The second kappa shape index (κ2) is 7.19. The highest BCUT2D eigenvalue weighted by Gasteiger charge is 2.24. The van der Waals surface area contributed by atoms with Crippen molar-refractivity contribution in [3.05, 3.63) is 11.4 Å². The standard InChI is InChI=1S/C13H25N3O3S/c1-10(2)6-7-14-20(18,19)13-11(3)15-16(12(13)4)8-5-9-17/h10,14,17H,5-9H2,1-4H3. The third-order valence-electron chi connectivity index (χ3n) is 3.13. The maximum Gasteiger partial charge on any atom is 0.244 e. The van der Waals surface area contributed by atoms with E-state index < -0.39 is 10.0 Å². The van der Waals surface area contributed by atoms with Gasteiger partial charge in [0, 0.05) is 19.7 Å². The number of rotatable bonds is 8. The Hall–Kier alpha value is -0.920. The van der Waals surface area contributed by atoms with Crippen LogP contribution < -0.4 is 4.72 Å². The van der Waals surface area contributed by atoms with Crippen LogP contribution in [-0.4, -0.2) is 36.5 Å². The molecule has 0 radical (unpaired) electrons. The SMILES string of the molecule is Cc1nn(CCCO)c(C)c1S(=O)(=O)NCCC(C)C. The summed E-state index contributed by atoms with van der Waals surface area (Å²) in [5, 5.41) is 13.1. The molecule has 1 rings (SSSR count). The van der Waals surface area contributed by atoms with E-state index in [0.717, 1.165) is 6.42 Å². The van der Waals surface area contributed by atoms with Crippen LogP contribution in [0.2, 0.25) is 0 Å². The quantitative estimate of drug-likeness (QED) is 0.756. The number of hydrogen-bond acceptors (Lipinski definition) is 4. The number of aromatic nitrogens is 2. The first-order valence-corrected chi connectivity index (χ1v) is 8.42. The second-order valence-electron chi connectivity index (χ2n) is 5.38. The largest absolute Gasteiger partial charge is 0.396 e. The molecule has 0 fully saturated rings. The van der Waals surface area contributed by atoms with Gasteiger partial charge in [-0.3, -0.25) is 4.68 Å². The fourth-order valence-electron chi connectivity index (χ4n) is 2.06. The van der Waals surface area contributed by atoms with Crippen LogP contribution in [0.3, 0.4) is 0 Å². The van der Waals surface area contributed by atoms with Gasteiger partial charge < -0.3 is 5.11 Å². The Balaban J connectivity index is 2.91. The van der Waals surface area contributed by atoms with E-state index in [1.54, 1.807) is 18.5 Å². The third-order valence-corrected chi connectivity index (χ3v) is 4.84. The smallest absolute Gasteiger partial charge is 0.244 e. The zero-order valence-electron chi connectivity index (χ0n) is 12.7. The lowest BCUT2D eigenvalue weighted by atomic mass is 10.1. The summed E-state index contributed by atoms with van der Waals surface area (Å²) in [4.78, 5) is 0.263. The molecule has 6 nitrogen and oxygen atoms in total. The van der Waals surface area contributed by atoms with Gasteiger partial charge in [0.1, 0.15) is 4.90 Å². The fourth-order valence-corrected chi connectivity index (χ4v) is 3.52. The summed E-state index contributed by atoms with van der Waals surface area (Å²) in [5.41, 5.74) is 1.12. The van der Waals surface area contributed by atoms with Crippen LogP contribution in [0.5, 0.6) is 0 Å². The number of nitrogens with one attached hydrogen (secondary N) is 1. The van der Waals surface area contributed by atoms with Crippen molar-refractivity contribution < 1.29 is 13.5 Å². The minimum absolute atomic E-state index is 0.0626. The Morgan fingerprint density at radius 2 is 2.00 bits per heavy atom. The summed E-state index contributed by atoms with van der Waals surface area (Å²) >= 11 is 0. The molecule has 116 valence electrons. The summed E-state index contributed by atoms with van der Waals surface area (Å²) < 4.78 is 28.9. The molecule has 2 N–H and O–H groups in total. The van der Waals surface area contributed by atoms with Crippen molar-refractivity contribution in [1.82, 2.24) is 14.5 Å². The number of aliphatic hydroxyl groups excluding tert-OH is 1. The predicted molar refractivity (Wildman–Crippen MR) is 78.0 cm³/mol. The summed E-state index contributed by atoms with van der Waals surface area (Å²) in [6.07, 6.45) is 1.36. The zero-order chi connectivity index (χ0) is 15.3. The van der Waals surface area contributed by atoms with Gasteiger partial charge in [-0.2, -0.15) is 5.10 Å². The van der Waals surface area contributed by atoms with Crippen molar-refractivity contribution in [2.24, 2.45) is 5.92 Å². The van der Waals surface area contributed by atoms with E-state index in [1.165, 1.54) is 0 Å². The second-order valence-corrected chi connectivity index (χ2v) is 7.08. The van der Waals surface area contributed by atoms with E-state index in [-0.39, 0.29) is 11.5 Å². The molecule has 0 aliphatic carbocycles. The van der Waals surface area contributed by atoms with Gasteiger partial charge in [0.05, 0.1) is 11.4 Å². The van der Waals surface area contributed by atoms with Crippen LogP contribution in [0.25, 0.3) is 0 Å². The molecule has 0 unspecified atom stereocenters. The Morgan fingerprint density at radius 3 is 2.55 bits per heavy atom. The lowest BCUT2D eigenvalue weighted by molar-refractivity contribution is 0.276. The molecule has 1 aromatic heterocycles. The molecule has 0 bridgehead atoms. The Bertz CT molecular complexity index is 535. The molecular weight excluding hydrogens is 278 g/mol. The van der Waals surface area contributed by atoms with Crippen molar-refractivity contribution in [3.63, 3.8) is 0 Å². The number of hydrogen-bond donors (Lipinski definition) is 2. The van der Waals surface area contributed by atoms with E-state index in [0.29, 0.717) is 36.8 Å². The van der Waals surface area contributed by atoms with Crippen molar-refractivity contribution in [2.45, 2.75) is 52.0 Å². The Kier molecular flexibility index (Phi) is 6.16. The topological polar surface area (TPSA) is 84.2 Å². The molecule has 0 aliphatic rings. The van der Waals surface area contributed by atoms with Gasteiger partial charge in [0.25, 0.3) is 0 Å². The molecule has 1 aromatic rings. The average Bonchev–Trinajstić information content (AvgIpc) is 2.61. The number of aryl methyl sites for hydroxylation is 2. The van der Waals surface area contributed by atoms with Gasteiger partial charge in [-0.15, -0.1) is 0 Å². The van der Waals surface area contributed by atoms with E-state index >= 15 is 0 Å². The van der Waals surface area contributed by atoms with Crippen molar-refractivity contribution in [2.75, 3.05) is 13.2 Å². The van der Waals surface area contributed by atoms with E-state index in [9.17, 15) is 8.42 Å². The van der Waals surface area contributed by atoms with Crippen LogP contribution in [0.1, 0.15) is 38.1 Å². The van der Waals surface area contributed by atoms with Crippen LogP contribution in [0, 0.1) is 19.8 Å². The first kappa shape index (κ1) is 17.1. The predicted octanol–water partition coefficient (Wildman–Crippen LogP) is 1.21. The Labute approximate surface area is 121 Å². The van der Waals surface area contributed by atoms with E-state index in [4.69, 9.17) is 5.11 Å². The summed E-state index contributed by atoms with van der Waals surface area (Å²) in [6, 6.07) is 0. The fraction of sp³-hybridized carbons (Fsp3) is 0.769. The molecule has 0 atom stereocenters. The lowest BCUT2D eigenvalue weighted by Crippen LogP contribution is -2.26. The van der Waals surface area contributed by atoms with Crippen LogP contribution in [0.15, 0.2) is 4.90 Å². The van der Waals surface area contributed by atoms with Gasteiger partial charge in [0.15, 0.2) is 0 Å². The van der Waals surface area contributed by atoms with Gasteiger partial charge in [-0.1, -0.05) is 13.8 Å². The minimum atomic E-state index is -3.52. The molecule has 1 heterocycles. The molecule has 0 saturated carbocycles. The number of aliphatic hydroxyl groups is 1. The summed E-state index contributed by atoms with van der Waals surface area (Å²) in [5.74, 6) is 0.451. The number of nitrogens with zero attached hydrogens (tertiary/aromatic N) is 2. The average molecular weight is 303 g/mol. The number of sulfonamides is 1. The van der Waals surface area contributed by atoms with Crippen LogP contribution in [-0.2, 0) is 16.6 Å². The zero-order valence-corrected chi connectivity index (χ0v) is 13.5. The molecule has 0 aromatic carbocycles. The molecular formula is C13H25N3O3S. The molecule has 0 amide bonds. The van der Waals surface area contributed by atoms with Crippen molar-refractivity contribution in [1.29, 1.82) is 0 Å². The highest BCUT2D eigenvalue weighted by Crippen LogP contribution is 2.19. The van der Waals surface area contributed by atoms with Crippen LogP contribution in [0.4, 0.5) is 0 Å². The normalized spacial score (nSPS) is 12.3. The maximum atomic E-state index is 12.3. The summed E-state index contributed by atoms with van der Waals surface area (Å²) in [6.45, 7) is 8.56. The molecule has 20 heavy (non-hydrogen) atoms. The van der Waals surface area contributed by atoms with Crippen LogP contribution >= 0.6 is 0 Å². The highest BCUT2D eigenvalue weighted by molar-refractivity contribution is 7.89. The first-order chi connectivity index (χ1) is 9.29. The summed E-state index contributed by atoms with van der Waals surface area (Å²) in [7, 11) is -3.52. The van der Waals surface area contributed by atoms with Crippen molar-refractivity contribution in [3.8, 4) is 0 Å². The highest BCUT2D eigenvalue weighted by atomic mass is 32.2. The minimum Gasteiger partial charge on any atom is -0.396 e. The molecule has 7 heteroatoms. The van der Waals surface area contributed by atoms with Gasteiger partial charge in [0.2, 0.25) is 10.0 Å². The van der Waals surface area contributed by atoms with Gasteiger partial charge >= 0.3 is 0 Å². The van der Waals surface area contributed by atoms with E-state index in [2.05, 4.69) is 23.7 Å². The molecule has 0 spiro atoms.